The van der Waals surface area contributed by atoms with Crippen LogP contribution in [0.2, 0.25) is 0 Å². The summed E-state index contributed by atoms with van der Waals surface area (Å²) in [5.41, 5.74) is 2.32. The fourth-order valence-corrected chi connectivity index (χ4v) is 2.32. The molecule has 1 aromatic carbocycles. The molecule has 3 N–H and O–H groups in total. The fourth-order valence-electron chi connectivity index (χ4n) is 2.32. The van der Waals surface area contributed by atoms with E-state index in [2.05, 4.69) is 37.0 Å². The lowest BCUT2D eigenvalue weighted by atomic mass is 10.2. The molecule has 3 aromatic rings. The van der Waals surface area contributed by atoms with Gasteiger partial charge in [-0.25, -0.2) is 9.97 Å². The molecule has 0 atom stereocenters. The van der Waals surface area contributed by atoms with E-state index in [1.54, 1.807) is 18.2 Å². The zero-order valence-electron chi connectivity index (χ0n) is 13.7. The molecule has 0 spiro atoms. The number of aromatic hydroxyl groups is 1. The molecule has 24 heavy (non-hydrogen) atoms. The van der Waals surface area contributed by atoms with E-state index in [0.29, 0.717) is 0 Å². The van der Waals surface area contributed by atoms with Gasteiger partial charge in [-0.2, -0.15) is 0 Å². The molecule has 6 heteroatoms. The third-order valence-electron chi connectivity index (χ3n) is 3.51. The van der Waals surface area contributed by atoms with Gasteiger partial charge in [0, 0.05) is 24.8 Å². The largest absolute Gasteiger partial charge is 0.508 e. The molecule has 0 amide bonds. The fraction of sp³-hybridized carbons (Fsp3) is 0.222. The van der Waals surface area contributed by atoms with Crippen molar-refractivity contribution in [3.63, 3.8) is 0 Å². The Morgan fingerprint density at radius 3 is 2.92 bits per heavy atom. The first-order valence-electron chi connectivity index (χ1n) is 7.65. The first kappa shape index (κ1) is 15.8. The number of rotatable bonds is 4. The lowest BCUT2D eigenvalue weighted by Crippen LogP contribution is -2.21. The number of phenols is 1. The molecule has 0 aliphatic carbocycles. The zero-order chi connectivity index (χ0) is 16.9. The number of likely N-dealkylation sites (N-methyl/N-ethyl adjacent to an activating group) is 1. The first-order chi connectivity index (χ1) is 11.6. The molecule has 0 aliphatic heterocycles. The van der Waals surface area contributed by atoms with Crippen molar-refractivity contribution in [1.29, 1.82) is 0 Å². The number of hydrogen-bond acceptors (Lipinski definition) is 5. The predicted molar refractivity (Wildman–Crippen MR) is 95.0 cm³/mol. The molecular weight excluding hydrogens is 302 g/mol. The van der Waals surface area contributed by atoms with Gasteiger partial charge in [0.25, 0.3) is 0 Å². The lowest BCUT2D eigenvalue weighted by molar-refractivity contribution is 0.425. The molecule has 0 bridgehead atoms. The Morgan fingerprint density at radius 1 is 1.25 bits per heavy atom. The van der Waals surface area contributed by atoms with E-state index in [1.165, 1.54) is 6.33 Å². The van der Waals surface area contributed by atoms with Crippen LogP contribution >= 0.6 is 0 Å². The second-order valence-electron chi connectivity index (χ2n) is 5.68. The van der Waals surface area contributed by atoms with Gasteiger partial charge in [-0.15, -0.1) is 0 Å². The number of fused-ring (bicyclic) bond motifs is 1. The van der Waals surface area contributed by atoms with Crippen LogP contribution in [0.3, 0.4) is 0 Å². The summed E-state index contributed by atoms with van der Waals surface area (Å²) >= 11 is 0. The first-order valence-corrected chi connectivity index (χ1v) is 7.65. The van der Waals surface area contributed by atoms with E-state index >= 15 is 0 Å². The number of anilines is 1. The molecule has 0 radical (unpaired) electrons. The van der Waals surface area contributed by atoms with Crippen LogP contribution in [0.1, 0.15) is 11.1 Å². The highest BCUT2D eigenvalue weighted by atomic mass is 16.3. The molecular formula is C18H19N5O. The summed E-state index contributed by atoms with van der Waals surface area (Å²) in [6.07, 6.45) is 3.36. The normalized spacial score (nSPS) is 10.6. The van der Waals surface area contributed by atoms with Gasteiger partial charge in [0.2, 0.25) is 0 Å². The quantitative estimate of drug-likeness (QED) is 0.641. The monoisotopic (exact) mass is 321 g/mol. The predicted octanol–water partition coefficient (Wildman–Crippen LogP) is 2.04. The molecule has 2 aromatic heterocycles. The van der Waals surface area contributed by atoms with Gasteiger partial charge < -0.3 is 20.3 Å². The molecule has 122 valence electrons. The minimum absolute atomic E-state index is 0.204. The van der Waals surface area contributed by atoms with Crippen LogP contribution in [0, 0.1) is 11.8 Å². The van der Waals surface area contributed by atoms with Crippen LogP contribution in [-0.2, 0) is 0 Å². The summed E-state index contributed by atoms with van der Waals surface area (Å²) in [5, 5.41) is 13.7. The average Bonchev–Trinajstić information content (AvgIpc) is 2.97. The van der Waals surface area contributed by atoms with Crippen LogP contribution in [0.4, 0.5) is 5.82 Å². The van der Waals surface area contributed by atoms with Crippen LogP contribution in [0.15, 0.2) is 36.8 Å². The number of aromatic nitrogens is 3. The summed E-state index contributed by atoms with van der Waals surface area (Å²) < 4.78 is 0. The smallest absolute Gasteiger partial charge is 0.144 e. The van der Waals surface area contributed by atoms with Crippen molar-refractivity contribution in [2.45, 2.75) is 0 Å². The minimum Gasteiger partial charge on any atom is -0.508 e. The Hall–Kier alpha value is -3.04. The van der Waals surface area contributed by atoms with Crippen molar-refractivity contribution < 1.29 is 5.11 Å². The maximum Gasteiger partial charge on any atom is 0.144 e. The van der Waals surface area contributed by atoms with Crippen molar-refractivity contribution in [2.75, 3.05) is 32.5 Å². The van der Waals surface area contributed by atoms with E-state index < -0.39 is 0 Å². The van der Waals surface area contributed by atoms with E-state index in [-0.39, 0.29) is 5.75 Å². The van der Waals surface area contributed by atoms with Gasteiger partial charge in [0.15, 0.2) is 0 Å². The lowest BCUT2D eigenvalue weighted by Gasteiger charge is -2.11. The maximum absolute atomic E-state index is 9.52. The van der Waals surface area contributed by atoms with Gasteiger partial charge in [-0.1, -0.05) is 17.9 Å². The highest BCUT2D eigenvalue weighted by molar-refractivity contribution is 5.92. The number of aromatic amines is 1. The third-order valence-corrected chi connectivity index (χ3v) is 3.51. The SMILES string of the molecule is CN(C)CCNc1ncnc2[nH]cc(C#Cc3cccc(O)c3)c12. The van der Waals surface area contributed by atoms with Gasteiger partial charge in [0.05, 0.1) is 10.9 Å². The van der Waals surface area contributed by atoms with E-state index in [9.17, 15) is 5.11 Å². The second kappa shape index (κ2) is 7.02. The summed E-state index contributed by atoms with van der Waals surface area (Å²) in [5.74, 6) is 7.16. The van der Waals surface area contributed by atoms with Gasteiger partial charge >= 0.3 is 0 Å². The van der Waals surface area contributed by atoms with Crippen molar-refractivity contribution in [2.24, 2.45) is 0 Å². The summed E-state index contributed by atoms with van der Waals surface area (Å²) in [6.45, 7) is 1.68. The number of phenolic OH excluding ortho intramolecular Hbond substituents is 1. The Labute approximate surface area is 140 Å². The standard InChI is InChI=1S/C18H19N5O/c1-23(2)9-8-19-17-16-14(11-20-18(16)22-12-21-17)7-6-13-4-3-5-15(24)10-13/h3-5,10-12,24H,8-9H2,1-2H3,(H2,19,20,21,22). The third kappa shape index (κ3) is 3.65. The van der Waals surface area contributed by atoms with Crippen LogP contribution in [0.5, 0.6) is 5.75 Å². The molecule has 0 unspecified atom stereocenters. The van der Waals surface area contributed by atoms with Crippen molar-refractivity contribution >= 4 is 16.9 Å². The topological polar surface area (TPSA) is 77.1 Å². The Balaban J connectivity index is 1.92. The van der Waals surface area contributed by atoms with Crippen molar-refractivity contribution in [1.82, 2.24) is 19.9 Å². The summed E-state index contributed by atoms with van der Waals surface area (Å²) in [7, 11) is 4.06. The van der Waals surface area contributed by atoms with Gasteiger partial charge in [-0.3, -0.25) is 0 Å². The zero-order valence-corrected chi connectivity index (χ0v) is 13.7. The van der Waals surface area contributed by atoms with Gasteiger partial charge in [0.1, 0.15) is 23.5 Å². The summed E-state index contributed by atoms with van der Waals surface area (Å²) in [4.78, 5) is 13.8. The number of nitrogens with one attached hydrogen (secondary N) is 2. The summed E-state index contributed by atoms with van der Waals surface area (Å²) in [6, 6.07) is 6.88. The number of hydrogen-bond donors (Lipinski definition) is 3. The van der Waals surface area contributed by atoms with E-state index in [1.807, 2.05) is 26.4 Å². The highest BCUT2D eigenvalue weighted by Crippen LogP contribution is 2.22. The number of H-pyrrole nitrogens is 1. The molecule has 0 fully saturated rings. The Morgan fingerprint density at radius 2 is 2.12 bits per heavy atom. The van der Waals surface area contributed by atoms with Crippen LogP contribution in [0.25, 0.3) is 11.0 Å². The minimum atomic E-state index is 0.204. The molecule has 0 saturated carbocycles. The van der Waals surface area contributed by atoms with Gasteiger partial charge in [-0.05, 0) is 32.3 Å². The molecule has 0 saturated heterocycles. The molecule has 6 nitrogen and oxygen atoms in total. The maximum atomic E-state index is 9.52. The number of nitrogens with zero attached hydrogens (tertiary/aromatic N) is 3. The van der Waals surface area contributed by atoms with Crippen molar-refractivity contribution in [3.8, 4) is 17.6 Å². The van der Waals surface area contributed by atoms with Crippen LogP contribution < -0.4 is 5.32 Å². The Kier molecular flexibility index (Phi) is 4.64. The average molecular weight is 321 g/mol. The Bertz CT molecular complexity index is 904. The van der Waals surface area contributed by atoms with E-state index in [4.69, 9.17) is 0 Å². The van der Waals surface area contributed by atoms with E-state index in [0.717, 1.165) is 41.1 Å². The second-order valence-corrected chi connectivity index (χ2v) is 5.68. The molecule has 0 aliphatic rings. The number of benzene rings is 1. The van der Waals surface area contributed by atoms with Crippen molar-refractivity contribution in [3.05, 3.63) is 47.9 Å². The molecule has 2 heterocycles. The van der Waals surface area contributed by atoms with Crippen LogP contribution in [-0.4, -0.2) is 52.1 Å². The highest BCUT2D eigenvalue weighted by Gasteiger charge is 2.09. The molecule has 3 rings (SSSR count).